The molecule has 0 bridgehead atoms. The predicted octanol–water partition coefficient (Wildman–Crippen LogP) is 3.24. The van der Waals surface area contributed by atoms with Crippen molar-refractivity contribution in [2.45, 2.75) is 26.8 Å². The predicted molar refractivity (Wildman–Crippen MR) is 97.7 cm³/mol. The quantitative estimate of drug-likeness (QED) is 0.886. The Kier molecular flexibility index (Phi) is 5.47. The highest BCUT2D eigenvalue weighted by atomic mass is 32.2. The molecule has 1 unspecified atom stereocenters. The normalized spacial score (nSPS) is 12.5. The number of anilines is 2. The van der Waals surface area contributed by atoms with E-state index in [1.807, 2.05) is 26.0 Å². The van der Waals surface area contributed by atoms with Crippen molar-refractivity contribution in [1.29, 1.82) is 0 Å². The maximum atomic E-state index is 13.5. The first-order chi connectivity index (χ1) is 11.6. The van der Waals surface area contributed by atoms with Gasteiger partial charge in [-0.3, -0.25) is 9.10 Å². The van der Waals surface area contributed by atoms with E-state index >= 15 is 0 Å². The summed E-state index contributed by atoms with van der Waals surface area (Å²) in [5.74, 6) is -1.07. The van der Waals surface area contributed by atoms with E-state index in [2.05, 4.69) is 5.32 Å². The maximum Gasteiger partial charge on any atom is 0.248 e. The second-order valence-corrected chi connectivity index (χ2v) is 7.88. The number of amides is 1. The van der Waals surface area contributed by atoms with Crippen LogP contribution in [-0.2, 0) is 14.8 Å². The van der Waals surface area contributed by atoms with Crippen LogP contribution in [0.2, 0.25) is 0 Å². The molecule has 2 aromatic rings. The third-order valence-electron chi connectivity index (χ3n) is 3.79. The summed E-state index contributed by atoms with van der Waals surface area (Å²) >= 11 is 0. The number of nitrogens with zero attached hydrogens (tertiary/aromatic N) is 1. The Morgan fingerprint density at radius 3 is 2.40 bits per heavy atom. The van der Waals surface area contributed by atoms with Gasteiger partial charge in [0.2, 0.25) is 15.9 Å². The Morgan fingerprint density at radius 1 is 1.16 bits per heavy atom. The topological polar surface area (TPSA) is 66.5 Å². The summed E-state index contributed by atoms with van der Waals surface area (Å²) in [5, 5.41) is 2.74. The van der Waals surface area contributed by atoms with Gasteiger partial charge >= 0.3 is 0 Å². The summed E-state index contributed by atoms with van der Waals surface area (Å²) in [4.78, 5) is 12.6. The number of aryl methyl sites for hydroxylation is 2. The SMILES string of the molecule is Cc1ccc(NC(=O)C(C)N(c2cccc(F)c2)S(C)(=O)=O)c(C)c1. The summed E-state index contributed by atoms with van der Waals surface area (Å²) in [7, 11) is -3.78. The molecule has 1 amide bonds. The first kappa shape index (κ1) is 18.9. The van der Waals surface area contributed by atoms with Gasteiger partial charge in [0, 0.05) is 5.69 Å². The largest absolute Gasteiger partial charge is 0.324 e. The van der Waals surface area contributed by atoms with Crippen molar-refractivity contribution >= 4 is 27.3 Å². The third kappa shape index (κ3) is 4.57. The third-order valence-corrected chi connectivity index (χ3v) is 5.03. The standard InChI is InChI=1S/C18H21FN2O3S/c1-12-8-9-17(13(2)10-12)20-18(22)14(3)21(25(4,23)24)16-7-5-6-15(19)11-16/h5-11,14H,1-4H3,(H,20,22). The average Bonchev–Trinajstić information content (AvgIpc) is 2.48. The number of sulfonamides is 1. The van der Waals surface area contributed by atoms with E-state index in [0.29, 0.717) is 5.69 Å². The zero-order chi connectivity index (χ0) is 18.8. The Morgan fingerprint density at radius 2 is 1.84 bits per heavy atom. The average molecular weight is 364 g/mol. The van der Waals surface area contributed by atoms with Gasteiger partial charge in [0.1, 0.15) is 11.9 Å². The van der Waals surface area contributed by atoms with Crippen LogP contribution in [0.15, 0.2) is 42.5 Å². The lowest BCUT2D eigenvalue weighted by molar-refractivity contribution is -0.116. The van der Waals surface area contributed by atoms with E-state index in [0.717, 1.165) is 27.8 Å². The molecular weight excluding hydrogens is 343 g/mol. The molecule has 1 N–H and O–H groups in total. The zero-order valence-corrected chi connectivity index (χ0v) is 15.4. The molecule has 5 nitrogen and oxygen atoms in total. The summed E-state index contributed by atoms with van der Waals surface area (Å²) in [5.41, 5.74) is 2.64. The second-order valence-electron chi connectivity index (χ2n) is 6.02. The molecular formula is C18H21FN2O3S. The number of hydrogen-bond donors (Lipinski definition) is 1. The second kappa shape index (κ2) is 7.23. The van der Waals surface area contributed by atoms with Crippen molar-refractivity contribution in [3.05, 3.63) is 59.4 Å². The smallest absolute Gasteiger partial charge is 0.248 e. The molecule has 25 heavy (non-hydrogen) atoms. The van der Waals surface area contributed by atoms with Crippen LogP contribution in [0.25, 0.3) is 0 Å². The summed E-state index contributed by atoms with van der Waals surface area (Å²) in [6.45, 7) is 5.26. The number of benzene rings is 2. The lowest BCUT2D eigenvalue weighted by Crippen LogP contribution is -2.45. The molecule has 2 aromatic carbocycles. The van der Waals surface area contributed by atoms with Crippen LogP contribution in [-0.4, -0.2) is 26.6 Å². The molecule has 0 fully saturated rings. The minimum atomic E-state index is -3.78. The first-order valence-electron chi connectivity index (χ1n) is 7.72. The van der Waals surface area contributed by atoms with Gasteiger partial charge < -0.3 is 5.32 Å². The molecule has 0 aliphatic rings. The summed E-state index contributed by atoms with van der Waals surface area (Å²) < 4.78 is 38.8. The maximum absolute atomic E-state index is 13.5. The van der Waals surface area contributed by atoms with Crippen LogP contribution in [0.5, 0.6) is 0 Å². The van der Waals surface area contributed by atoms with Crippen LogP contribution in [0.3, 0.4) is 0 Å². The molecule has 0 saturated heterocycles. The number of halogens is 1. The van der Waals surface area contributed by atoms with E-state index < -0.39 is 27.8 Å². The van der Waals surface area contributed by atoms with Crippen molar-refractivity contribution in [3.8, 4) is 0 Å². The fourth-order valence-electron chi connectivity index (χ4n) is 2.61. The summed E-state index contributed by atoms with van der Waals surface area (Å²) in [6.07, 6.45) is 0.985. The highest BCUT2D eigenvalue weighted by Crippen LogP contribution is 2.23. The Balaban J connectivity index is 2.33. The van der Waals surface area contributed by atoms with E-state index in [9.17, 15) is 17.6 Å². The molecule has 0 aliphatic carbocycles. The van der Waals surface area contributed by atoms with Crippen LogP contribution in [0, 0.1) is 19.7 Å². The van der Waals surface area contributed by atoms with Crippen molar-refractivity contribution in [3.63, 3.8) is 0 Å². The number of nitrogens with one attached hydrogen (secondary N) is 1. The minimum Gasteiger partial charge on any atom is -0.324 e. The number of hydrogen-bond acceptors (Lipinski definition) is 3. The molecule has 7 heteroatoms. The van der Waals surface area contributed by atoms with Gasteiger partial charge in [-0.1, -0.05) is 23.8 Å². The van der Waals surface area contributed by atoms with Gasteiger partial charge in [-0.2, -0.15) is 0 Å². The van der Waals surface area contributed by atoms with Crippen LogP contribution < -0.4 is 9.62 Å². The Hall–Kier alpha value is -2.41. The molecule has 0 aliphatic heterocycles. The molecule has 0 radical (unpaired) electrons. The molecule has 0 spiro atoms. The number of carbonyl (C=O) groups is 1. The molecule has 0 saturated carbocycles. The van der Waals surface area contributed by atoms with Crippen molar-refractivity contribution < 1.29 is 17.6 Å². The van der Waals surface area contributed by atoms with E-state index in [1.54, 1.807) is 6.07 Å². The molecule has 134 valence electrons. The highest BCUT2D eigenvalue weighted by molar-refractivity contribution is 7.92. The lowest BCUT2D eigenvalue weighted by Gasteiger charge is -2.28. The Labute approximate surface area is 147 Å². The number of carbonyl (C=O) groups excluding carboxylic acids is 1. The first-order valence-corrected chi connectivity index (χ1v) is 9.57. The molecule has 1 atom stereocenters. The zero-order valence-electron chi connectivity index (χ0n) is 14.6. The monoisotopic (exact) mass is 364 g/mol. The summed E-state index contributed by atoms with van der Waals surface area (Å²) in [6, 6.07) is 9.64. The van der Waals surface area contributed by atoms with Crippen LogP contribution in [0.1, 0.15) is 18.1 Å². The minimum absolute atomic E-state index is 0.103. The van der Waals surface area contributed by atoms with Gasteiger partial charge in [0.25, 0.3) is 0 Å². The van der Waals surface area contributed by atoms with E-state index in [4.69, 9.17) is 0 Å². The van der Waals surface area contributed by atoms with Gasteiger partial charge in [0.15, 0.2) is 0 Å². The van der Waals surface area contributed by atoms with Crippen LogP contribution in [0.4, 0.5) is 15.8 Å². The fourth-order valence-corrected chi connectivity index (χ4v) is 3.78. The fraction of sp³-hybridized carbons (Fsp3) is 0.278. The van der Waals surface area contributed by atoms with Gasteiger partial charge in [-0.05, 0) is 50.6 Å². The molecule has 0 heterocycles. The van der Waals surface area contributed by atoms with Gasteiger partial charge in [-0.25, -0.2) is 12.8 Å². The van der Waals surface area contributed by atoms with E-state index in [1.165, 1.54) is 25.1 Å². The van der Waals surface area contributed by atoms with Gasteiger partial charge in [-0.15, -0.1) is 0 Å². The Bertz CT molecular complexity index is 897. The molecule has 0 aromatic heterocycles. The van der Waals surface area contributed by atoms with Crippen molar-refractivity contribution in [2.75, 3.05) is 15.9 Å². The van der Waals surface area contributed by atoms with Crippen molar-refractivity contribution in [2.24, 2.45) is 0 Å². The van der Waals surface area contributed by atoms with E-state index in [-0.39, 0.29) is 5.69 Å². The highest BCUT2D eigenvalue weighted by Gasteiger charge is 2.29. The van der Waals surface area contributed by atoms with Crippen molar-refractivity contribution in [1.82, 2.24) is 0 Å². The number of rotatable bonds is 5. The van der Waals surface area contributed by atoms with Gasteiger partial charge in [0.05, 0.1) is 11.9 Å². The lowest BCUT2D eigenvalue weighted by atomic mass is 10.1. The van der Waals surface area contributed by atoms with Crippen LogP contribution >= 0.6 is 0 Å². The molecule has 2 rings (SSSR count).